The molecular formula is C24H22Br4F4Si2. The molecule has 3 aromatic carbocycles. The summed E-state index contributed by atoms with van der Waals surface area (Å²) in [5, 5.41) is 1.92. The maximum absolute atomic E-state index is 14.4. The highest BCUT2D eigenvalue weighted by Gasteiger charge is 2.36. The molecule has 10 heteroatoms. The molecule has 0 bridgehead atoms. The molecule has 0 saturated heterocycles. The molecule has 0 aromatic heterocycles. The third-order valence-electron chi connectivity index (χ3n) is 5.44. The van der Waals surface area contributed by atoms with E-state index in [0.29, 0.717) is 20.1 Å². The summed E-state index contributed by atoms with van der Waals surface area (Å²) >= 11 is 14.5. The van der Waals surface area contributed by atoms with Crippen LogP contribution in [0.2, 0.25) is 39.3 Å². The fourth-order valence-corrected chi connectivity index (χ4v) is 13.8. The largest absolute Gasteiger partial charge is 0.204 e. The van der Waals surface area contributed by atoms with Crippen LogP contribution in [0.5, 0.6) is 0 Å². The van der Waals surface area contributed by atoms with E-state index in [1.54, 1.807) is 0 Å². The summed E-state index contributed by atoms with van der Waals surface area (Å²) in [4.78, 5) is 0. The zero-order valence-electron chi connectivity index (χ0n) is 19.3. The number of benzene rings is 3. The van der Waals surface area contributed by atoms with Gasteiger partial charge in [-0.05, 0) is 45.8 Å². The molecule has 0 aliphatic carbocycles. The Balaban J connectivity index is 2.65. The van der Waals surface area contributed by atoms with E-state index in [0.717, 1.165) is 42.6 Å². The lowest BCUT2D eigenvalue weighted by Crippen LogP contribution is -2.47. The Bertz CT molecular complexity index is 1210. The van der Waals surface area contributed by atoms with Gasteiger partial charge in [0, 0.05) is 29.0 Å². The Morgan fingerprint density at radius 2 is 0.765 bits per heavy atom. The molecule has 0 nitrogen and oxygen atoms in total. The van der Waals surface area contributed by atoms with Crippen LogP contribution in [0.25, 0.3) is 22.3 Å². The Kier molecular flexibility index (Phi) is 8.23. The van der Waals surface area contributed by atoms with Gasteiger partial charge in [0.05, 0.1) is 16.1 Å². The van der Waals surface area contributed by atoms with Gasteiger partial charge in [0.25, 0.3) is 0 Å². The van der Waals surface area contributed by atoms with E-state index < -0.39 is 39.4 Å². The maximum atomic E-state index is 14.4. The van der Waals surface area contributed by atoms with Crippen molar-refractivity contribution in [3.05, 3.63) is 65.4 Å². The lowest BCUT2D eigenvalue weighted by atomic mass is 9.99. The second-order valence-corrected chi connectivity index (χ2v) is 23.4. The van der Waals surface area contributed by atoms with Crippen LogP contribution in [-0.4, -0.2) is 16.1 Å². The van der Waals surface area contributed by atoms with E-state index in [1.165, 1.54) is 12.1 Å². The number of hydrogen-bond acceptors (Lipinski definition) is 0. The fraction of sp³-hybridized carbons (Fsp3) is 0.250. The number of hydrogen-bond donors (Lipinski definition) is 0. The van der Waals surface area contributed by atoms with Crippen LogP contribution in [0, 0.1) is 23.3 Å². The molecular weight excluding hydrogens is 740 g/mol. The number of rotatable bonds is 4. The highest BCUT2D eigenvalue weighted by atomic mass is 79.9. The summed E-state index contributed by atoms with van der Waals surface area (Å²) in [7, 11) is -4.32. The molecule has 0 saturated carbocycles. The molecule has 0 aliphatic heterocycles. The third-order valence-corrected chi connectivity index (χ3v) is 13.1. The molecule has 0 fully saturated rings. The van der Waals surface area contributed by atoms with Gasteiger partial charge in [0.15, 0.2) is 23.3 Å². The average Bonchev–Trinajstić information content (AvgIpc) is 2.67. The van der Waals surface area contributed by atoms with E-state index in [2.05, 4.69) is 103 Å². The molecule has 0 spiro atoms. The Morgan fingerprint density at radius 1 is 0.500 bits per heavy atom. The SMILES string of the molecule is C[Si](C)(C)c1c(Br)c(-c2cc(F)c(F)cc2Br)c([Si](C)(C)C)c(Br)c1-c1cc(F)c(F)cc1Br. The first-order chi connectivity index (χ1) is 15.5. The topological polar surface area (TPSA) is 0 Å². The van der Waals surface area contributed by atoms with Crippen molar-refractivity contribution >= 4 is 90.2 Å². The normalized spacial score (nSPS) is 12.4. The summed E-state index contributed by atoms with van der Waals surface area (Å²) in [6, 6.07) is 4.67. The third kappa shape index (κ3) is 5.23. The second kappa shape index (κ2) is 9.89. The molecule has 182 valence electrons. The minimum atomic E-state index is -2.16. The fourth-order valence-electron chi connectivity index (χ4n) is 4.03. The van der Waals surface area contributed by atoms with Crippen molar-refractivity contribution in [3.8, 4) is 22.3 Å². The number of halogens is 8. The van der Waals surface area contributed by atoms with Crippen LogP contribution in [0.4, 0.5) is 17.6 Å². The Labute approximate surface area is 233 Å². The Morgan fingerprint density at radius 3 is 1.03 bits per heavy atom. The predicted octanol–water partition coefficient (Wildman–Crippen LogP) is 9.72. The molecule has 0 atom stereocenters. The molecule has 0 heterocycles. The molecule has 0 amide bonds. The van der Waals surface area contributed by atoms with Gasteiger partial charge in [-0.15, -0.1) is 0 Å². The van der Waals surface area contributed by atoms with E-state index in [-0.39, 0.29) is 0 Å². The molecule has 3 rings (SSSR count). The lowest BCUT2D eigenvalue weighted by molar-refractivity contribution is 0.508. The highest BCUT2D eigenvalue weighted by molar-refractivity contribution is 9.11. The van der Waals surface area contributed by atoms with Crippen LogP contribution in [0.3, 0.4) is 0 Å². The highest BCUT2D eigenvalue weighted by Crippen LogP contribution is 2.43. The predicted molar refractivity (Wildman–Crippen MR) is 154 cm³/mol. The smallest absolute Gasteiger partial charge is 0.159 e. The van der Waals surface area contributed by atoms with Crippen LogP contribution in [0.15, 0.2) is 42.2 Å². The summed E-state index contributed by atoms with van der Waals surface area (Å²) in [6.07, 6.45) is 0. The van der Waals surface area contributed by atoms with Gasteiger partial charge in [-0.25, -0.2) is 17.6 Å². The van der Waals surface area contributed by atoms with Crippen molar-refractivity contribution in [2.24, 2.45) is 0 Å². The molecule has 0 unspecified atom stereocenters. The van der Waals surface area contributed by atoms with Crippen LogP contribution in [0.1, 0.15) is 0 Å². The summed E-state index contributed by atoms with van der Waals surface area (Å²) in [5.41, 5.74) is 2.60. The standard InChI is InChI=1S/C24H22Br4F4Si2/c1-33(2,3)23-19(11-7-15(29)17(31)9-13(11)25)22(28)24(34(4,5)6)20(21(23)27)12-8-16(30)18(32)10-14(12)26/h7-10H,1-6H3. The van der Waals surface area contributed by atoms with Crippen molar-refractivity contribution < 1.29 is 17.6 Å². The molecule has 0 aliphatic rings. The van der Waals surface area contributed by atoms with Gasteiger partial charge >= 0.3 is 0 Å². The van der Waals surface area contributed by atoms with Gasteiger partial charge < -0.3 is 0 Å². The van der Waals surface area contributed by atoms with E-state index in [1.807, 2.05) is 0 Å². The first kappa shape index (κ1) is 28.3. The zero-order valence-corrected chi connectivity index (χ0v) is 27.7. The van der Waals surface area contributed by atoms with Crippen molar-refractivity contribution in [2.75, 3.05) is 0 Å². The lowest BCUT2D eigenvalue weighted by Gasteiger charge is -2.33. The monoisotopic (exact) mass is 758 g/mol. The van der Waals surface area contributed by atoms with Crippen LogP contribution < -0.4 is 10.4 Å². The maximum Gasteiger partial charge on any atom is 0.159 e. The Hall–Kier alpha value is -0.266. The minimum absolute atomic E-state index is 0.432. The van der Waals surface area contributed by atoms with Gasteiger partial charge in [0.2, 0.25) is 0 Å². The van der Waals surface area contributed by atoms with E-state index in [4.69, 9.17) is 0 Å². The minimum Gasteiger partial charge on any atom is -0.204 e. The van der Waals surface area contributed by atoms with Gasteiger partial charge in [0.1, 0.15) is 0 Å². The van der Waals surface area contributed by atoms with Gasteiger partial charge in [-0.1, -0.05) is 103 Å². The first-order valence-corrected chi connectivity index (χ1v) is 20.5. The summed E-state index contributed by atoms with van der Waals surface area (Å²) in [5.74, 6) is -3.75. The van der Waals surface area contributed by atoms with E-state index >= 15 is 0 Å². The van der Waals surface area contributed by atoms with Gasteiger partial charge in [-0.3, -0.25) is 0 Å². The van der Waals surface area contributed by atoms with E-state index in [9.17, 15) is 17.6 Å². The molecule has 3 aromatic rings. The quantitative estimate of drug-likeness (QED) is 0.141. The van der Waals surface area contributed by atoms with Crippen LogP contribution >= 0.6 is 63.7 Å². The average molecular weight is 762 g/mol. The molecule has 34 heavy (non-hydrogen) atoms. The van der Waals surface area contributed by atoms with Gasteiger partial charge in [-0.2, -0.15) is 0 Å². The van der Waals surface area contributed by atoms with Crippen molar-refractivity contribution in [3.63, 3.8) is 0 Å². The summed E-state index contributed by atoms with van der Waals surface area (Å²) < 4.78 is 59.2. The zero-order chi connectivity index (χ0) is 25.9. The van der Waals surface area contributed by atoms with Crippen molar-refractivity contribution in [1.29, 1.82) is 0 Å². The second-order valence-electron chi connectivity index (χ2n) is 10.1. The van der Waals surface area contributed by atoms with Crippen molar-refractivity contribution in [1.82, 2.24) is 0 Å². The van der Waals surface area contributed by atoms with Crippen molar-refractivity contribution in [2.45, 2.75) is 39.3 Å². The first-order valence-electron chi connectivity index (χ1n) is 10.3. The van der Waals surface area contributed by atoms with Crippen LogP contribution in [-0.2, 0) is 0 Å². The molecule has 0 radical (unpaired) electrons. The molecule has 0 N–H and O–H groups in total. The summed E-state index contributed by atoms with van der Waals surface area (Å²) in [6.45, 7) is 12.9.